The van der Waals surface area contributed by atoms with Crippen LogP contribution in [0.2, 0.25) is 0 Å². The summed E-state index contributed by atoms with van der Waals surface area (Å²) in [6, 6.07) is 9.73. The third-order valence-electron chi connectivity index (χ3n) is 1.41. The molecule has 0 saturated heterocycles. The monoisotopic (exact) mass is 213 g/mol. The van der Waals surface area contributed by atoms with Crippen molar-refractivity contribution >= 4 is 0 Å². The molecular formula is C11H12KNO. The Labute approximate surface area is 127 Å². The summed E-state index contributed by atoms with van der Waals surface area (Å²) in [5.74, 6) is 0.616. The number of rotatable bonds is 1. The van der Waals surface area contributed by atoms with E-state index in [1.807, 2.05) is 44.2 Å². The molecule has 2 aromatic rings. The van der Waals surface area contributed by atoms with Gasteiger partial charge in [0.2, 0.25) is 0 Å². The van der Waals surface area contributed by atoms with E-state index in [1.165, 1.54) is 6.20 Å². The van der Waals surface area contributed by atoms with Crippen LogP contribution in [0.1, 0.15) is 13.8 Å². The maximum Gasteiger partial charge on any atom is 1.00 e. The molecule has 0 spiro atoms. The zero-order chi connectivity index (χ0) is 9.52. The Bertz CT molecular complexity index is 318. The van der Waals surface area contributed by atoms with Gasteiger partial charge in [0.25, 0.3) is 0 Å². The Morgan fingerprint density at radius 3 is 2.29 bits per heavy atom. The number of benzene rings is 1. The molecule has 3 heteroatoms. The SMILES string of the molecule is CC.[K+].[c-]1cnc(-c2ccccc2)o1. The Balaban J connectivity index is 0.000000531. The van der Waals surface area contributed by atoms with Crippen LogP contribution < -0.4 is 51.4 Å². The van der Waals surface area contributed by atoms with Crippen molar-refractivity contribution in [2.45, 2.75) is 13.8 Å². The van der Waals surface area contributed by atoms with Crippen molar-refractivity contribution < 1.29 is 55.8 Å². The maximum atomic E-state index is 4.98. The average Bonchev–Trinajstić information content (AvgIpc) is 2.75. The summed E-state index contributed by atoms with van der Waals surface area (Å²) < 4.78 is 4.98. The number of aromatic nitrogens is 1. The van der Waals surface area contributed by atoms with E-state index in [-0.39, 0.29) is 51.4 Å². The van der Waals surface area contributed by atoms with Crippen molar-refractivity contribution in [3.63, 3.8) is 0 Å². The number of hydrogen-bond donors (Lipinski definition) is 0. The van der Waals surface area contributed by atoms with Gasteiger partial charge < -0.3 is 9.40 Å². The molecule has 0 radical (unpaired) electrons. The van der Waals surface area contributed by atoms with E-state index in [1.54, 1.807) is 0 Å². The number of nitrogens with zero attached hydrogens (tertiary/aromatic N) is 1. The summed E-state index contributed by atoms with van der Waals surface area (Å²) in [6.07, 6.45) is 4.06. The Kier molecular flexibility index (Phi) is 8.42. The predicted octanol–water partition coefficient (Wildman–Crippen LogP) is 0.172. The van der Waals surface area contributed by atoms with Gasteiger partial charge in [-0.1, -0.05) is 50.4 Å². The molecule has 0 N–H and O–H groups in total. The summed E-state index contributed by atoms with van der Waals surface area (Å²) in [4.78, 5) is 3.96. The van der Waals surface area contributed by atoms with Gasteiger partial charge in [0.1, 0.15) is 0 Å². The van der Waals surface area contributed by atoms with E-state index in [2.05, 4.69) is 11.2 Å². The third kappa shape index (κ3) is 4.06. The molecule has 2 nitrogen and oxygen atoms in total. The van der Waals surface area contributed by atoms with Gasteiger partial charge >= 0.3 is 51.4 Å². The van der Waals surface area contributed by atoms with Crippen LogP contribution in [-0.4, -0.2) is 4.98 Å². The molecule has 0 atom stereocenters. The van der Waals surface area contributed by atoms with E-state index in [0.29, 0.717) is 5.89 Å². The minimum atomic E-state index is 0. The van der Waals surface area contributed by atoms with Gasteiger partial charge in [-0.2, -0.15) is 0 Å². The van der Waals surface area contributed by atoms with Crippen molar-refractivity contribution in [1.82, 2.24) is 4.98 Å². The van der Waals surface area contributed by atoms with Crippen molar-refractivity contribution in [1.29, 1.82) is 0 Å². The molecule has 0 amide bonds. The summed E-state index contributed by atoms with van der Waals surface area (Å²) in [7, 11) is 0. The van der Waals surface area contributed by atoms with E-state index < -0.39 is 0 Å². The largest absolute Gasteiger partial charge is 1.00 e. The molecule has 0 aliphatic rings. The summed E-state index contributed by atoms with van der Waals surface area (Å²) in [6.45, 7) is 4.00. The van der Waals surface area contributed by atoms with Gasteiger partial charge in [0, 0.05) is 0 Å². The fourth-order valence-corrected chi connectivity index (χ4v) is 0.908. The molecule has 1 aromatic carbocycles. The van der Waals surface area contributed by atoms with Gasteiger partial charge in [-0.25, -0.2) is 0 Å². The quantitative estimate of drug-likeness (QED) is 0.499. The van der Waals surface area contributed by atoms with Crippen LogP contribution in [0.15, 0.2) is 40.9 Å². The minimum absolute atomic E-state index is 0. The van der Waals surface area contributed by atoms with Crippen molar-refractivity contribution in [2.75, 3.05) is 0 Å². The molecular weight excluding hydrogens is 201 g/mol. The van der Waals surface area contributed by atoms with Crippen LogP contribution in [0.3, 0.4) is 0 Å². The number of hydrogen-bond acceptors (Lipinski definition) is 2. The molecule has 1 heterocycles. The van der Waals surface area contributed by atoms with Crippen molar-refractivity contribution in [3.8, 4) is 11.5 Å². The molecule has 2 rings (SSSR count). The fraction of sp³-hybridized carbons (Fsp3) is 0.182. The van der Waals surface area contributed by atoms with E-state index in [4.69, 9.17) is 4.42 Å². The standard InChI is InChI=1S/C9H6NO.C2H6.K/c1-2-4-8(5-3-1)9-10-6-7-11-9;1-2;/h1-6H;1-2H3;/q-1;;+1. The first-order valence-corrected chi connectivity index (χ1v) is 4.34. The molecule has 0 bridgehead atoms. The van der Waals surface area contributed by atoms with Gasteiger partial charge in [-0.15, -0.1) is 0 Å². The van der Waals surface area contributed by atoms with Gasteiger partial charge in [0.05, 0.1) is 5.89 Å². The average molecular weight is 213 g/mol. The first-order valence-electron chi connectivity index (χ1n) is 4.34. The van der Waals surface area contributed by atoms with E-state index in [0.717, 1.165) is 5.56 Å². The van der Waals surface area contributed by atoms with Crippen molar-refractivity contribution in [3.05, 3.63) is 42.8 Å². The van der Waals surface area contributed by atoms with Crippen LogP contribution in [0.4, 0.5) is 0 Å². The van der Waals surface area contributed by atoms with Crippen molar-refractivity contribution in [2.24, 2.45) is 0 Å². The molecule has 0 saturated carbocycles. The smallest absolute Gasteiger partial charge is 0.627 e. The summed E-state index contributed by atoms with van der Waals surface area (Å²) in [5, 5.41) is 0. The van der Waals surface area contributed by atoms with Gasteiger partial charge in [0.15, 0.2) is 0 Å². The minimum Gasteiger partial charge on any atom is -0.627 e. The van der Waals surface area contributed by atoms with Crippen LogP contribution in [0.5, 0.6) is 0 Å². The normalized spacial score (nSPS) is 8.14. The molecule has 1 aromatic heterocycles. The molecule has 0 fully saturated rings. The molecule has 68 valence electrons. The second-order valence-corrected chi connectivity index (χ2v) is 2.15. The summed E-state index contributed by atoms with van der Waals surface area (Å²) >= 11 is 0. The fourth-order valence-electron chi connectivity index (χ4n) is 0.908. The third-order valence-corrected chi connectivity index (χ3v) is 1.41. The van der Waals surface area contributed by atoms with Crippen LogP contribution in [0.25, 0.3) is 11.5 Å². The first kappa shape index (κ1) is 14.1. The summed E-state index contributed by atoms with van der Waals surface area (Å²) in [5.41, 5.74) is 0.980. The molecule has 0 unspecified atom stereocenters. The maximum absolute atomic E-state index is 4.98. The topological polar surface area (TPSA) is 26.0 Å². The first-order chi connectivity index (χ1) is 6.47. The second kappa shape index (κ2) is 8.38. The van der Waals surface area contributed by atoms with Gasteiger partial charge in [-0.05, 0) is 11.8 Å². The van der Waals surface area contributed by atoms with E-state index >= 15 is 0 Å². The van der Waals surface area contributed by atoms with Gasteiger partial charge in [-0.3, -0.25) is 0 Å². The van der Waals surface area contributed by atoms with Crippen LogP contribution in [0, 0.1) is 6.26 Å². The number of oxazole rings is 1. The van der Waals surface area contributed by atoms with Crippen LogP contribution >= 0.6 is 0 Å². The predicted molar refractivity (Wildman–Crippen MR) is 52.1 cm³/mol. The zero-order valence-corrected chi connectivity index (χ0v) is 11.9. The molecule has 14 heavy (non-hydrogen) atoms. The molecule has 0 aliphatic carbocycles. The van der Waals surface area contributed by atoms with Crippen LogP contribution in [-0.2, 0) is 0 Å². The van der Waals surface area contributed by atoms with E-state index in [9.17, 15) is 0 Å². The zero-order valence-electron chi connectivity index (χ0n) is 8.82. The Morgan fingerprint density at radius 1 is 1.14 bits per heavy atom. The molecule has 0 aliphatic heterocycles. The second-order valence-electron chi connectivity index (χ2n) is 2.15. The Hall–Kier alpha value is 0.0664. The Morgan fingerprint density at radius 2 is 1.79 bits per heavy atom.